The fraction of sp³-hybridized carbons (Fsp3) is 0.130. The molecule has 9 heteroatoms. The molecule has 0 saturated carbocycles. The number of ether oxygens (including phenoxy) is 2. The third-order valence-corrected chi connectivity index (χ3v) is 5.07. The first-order chi connectivity index (χ1) is 15.3. The van der Waals surface area contributed by atoms with Crippen molar-refractivity contribution in [2.75, 3.05) is 24.4 Å². The van der Waals surface area contributed by atoms with Crippen molar-refractivity contribution in [3.05, 3.63) is 81.6 Å². The van der Waals surface area contributed by atoms with Gasteiger partial charge in [0, 0.05) is 15.7 Å². The first-order valence-corrected chi connectivity index (χ1v) is 10.2. The normalized spacial score (nSPS) is 10.4. The molecule has 0 saturated heterocycles. The van der Waals surface area contributed by atoms with Gasteiger partial charge in [-0.1, -0.05) is 23.2 Å². The first-order valence-electron chi connectivity index (χ1n) is 9.40. The Hall–Kier alpha value is -3.29. The van der Waals surface area contributed by atoms with Crippen LogP contribution in [-0.2, 0) is 4.79 Å². The van der Waals surface area contributed by atoms with E-state index in [-0.39, 0.29) is 22.9 Å². The summed E-state index contributed by atoms with van der Waals surface area (Å²) in [4.78, 5) is 24.8. The summed E-state index contributed by atoms with van der Waals surface area (Å²) >= 11 is 11.7. The Kier molecular flexibility index (Phi) is 7.56. The van der Waals surface area contributed by atoms with Gasteiger partial charge in [-0.3, -0.25) is 9.59 Å². The highest BCUT2D eigenvalue weighted by molar-refractivity contribution is 6.31. The lowest BCUT2D eigenvalue weighted by Gasteiger charge is -2.13. The molecule has 3 rings (SSSR count). The van der Waals surface area contributed by atoms with Crippen LogP contribution >= 0.6 is 23.2 Å². The number of aryl methyl sites for hydroxylation is 1. The molecule has 0 aliphatic heterocycles. The molecule has 2 amide bonds. The van der Waals surface area contributed by atoms with Crippen LogP contribution < -0.4 is 20.1 Å². The molecule has 3 aromatic rings. The fourth-order valence-electron chi connectivity index (χ4n) is 2.80. The molecule has 0 unspecified atom stereocenters. The molecule has 0 radical (unpaired) electrons. The van der Waals surface area contributed by atoms with Gasteiger partial charge in [0.2, 0.25) is 0 Å². The predicted molar refractivity (Wildman–Crippen MR) is 123 cm³/mol. The zero-order valence-electron chi connectivity index (χ0n) is 17.2. The van der Waals surface area contributed by atoms with Gasteiger partial charge in [-0.2, -0.15) is 0 Å². The lowest BCUT2D eigenvalue weighted by atomic mass is 10.2. The maximum atomic E-state index is 14.1. The zero-order chi connectivity index (χ0) is 23.3. The summed E-state index contributed by atoms with van der Waals surface area (Å²) in [5.74, 6) is -1.02. The SMILES string of the molecule is COc1ccc(NC(=O)COc2ccc(Cl)c(C)c2)cc1NC(=O)c1ccc(Cl)cc1F. The maximum absolute atomic E-state index is 14.1. The number of methoxy groups -OCH3 is 1. The molecule has 2 N–H and O–H groups in total. The maximum Gasteiger partial charge on any atom is 0.262 e. The Morgan fingerprint density at radius 3 is 2.47 bits per heavy atom. The summed E-state index contributed by atoms with van der Waals surface area (Å²) in [6.07, 6.45) is 0. The second kappa shape index (κ2) is 10.3. The van der Waals surface area contributed by atoms with Crippen molar-refractivity contribution >= 4 is 46.4 Å². The quantitative estimate of drug-likeness (QED) is 0.457. The van der Waals surface area contributed by atoms with E-state index in [0.717, 1.165) is 11.6 Å². The van der Waals surface area contributed by atoms with Crippen molar-refractivity contribution in [3.63, 3.8) is 0 Å². The molecule has 166 valence electrons. The smallest absolute Gasteiger partial charge is 0.262 e. The summed E-state index contributed by atoms with van der Waals surface area (Å²) in [5.41, 5.74) is 1.28. The minimum Gasteiger partial charge on any atom is -0.495 e. The number of benzene rings is 3. The van der Waals surface area contributed by atoms with Gasteiger partial charge in [-0.05, 0) is 67.1 Å². The molecule has 6 nitrogen and oxygen atoms in total. The zero-order valence-corrected chi connectivity index (χ0v) is 18.7. The van der Waals surface area contributed by atoms with Crippen molar-refractivity contribution in [1.82, 2.24) is 0 Å². The standard InChI is InChI=1S/C23H19Cl2FN2O4/c1-13-9-16(5-7-18(13)25)32-12-22(29)27-15-4-8-21(31-2)20(11-15)28-23(30)17-6-3-14(24)10-19(17)26/h3-11H,12H2,1-2H3,(H,27,29)(H,28,30). The fourth-order valence-corrected chi connectivity index (χ4v) is 3.08. The third kappa shape index (κ3) is 5.90. The van der Waals surface area contributed by atoms with Crippen LogP contribution in [0.4, 0.5) is 15.8 Å². The van der Waals surface area contributed by atoms with Crippen molar-refractivity contribution < 1.29 is 23.5 Å². The van der Waals surface area contributed by atoms with Crippen LogP contribution in [0.3, 0.4) is 0 Å². The van der Waals surface area contributed by atoms with Gasteiger partial charge in [-0.15, -0.1) is 0 Å². The summed E-state index contributed by atoms with van der Waals surface area (Å²) in [6, 6.07) is 13.5. The van der Waals surface area contributed by atoms with E-state index in [1.807, 2.05) is 6.92 Å². The van der Waals surface area contributed by atoms with Crippen LogP contribution in [-0.4, -0.2) is 25.5 Å². The van der Waals surface area contributed by atoms with Crippen LogP contribution in [0, 0.1) is 12.7 Å². The topological polar surface area (TPSA) is 76.7 Å². The van der Waals surface area contributed by atoms with E-state index >= 15 is 0 Å². The predicted octanol–water partition coefficient (Wildman–Crippen LogP) is 5.72. The number of anilines is 2. The lowest BCUT2D eigenvalue weighted by Crippen LogP contribution is -2.20. The van der Waals surface area contributed by atoms with Crippen molar-refractivity contribution in [3.8, 4) is 11.5 Å². The Morgan fingerprint density at radius 2 is 1.78 bits per heavy atom. The summed E-state index contributed by atoms with van der Waals surface area (Å²) in [5, 5.41) is 6.04. The minimum absolute atomic E-state index is 0.178. The van der Waals surface area contributed by atoms with Crippen molar-refractivity contribution in [1.29, 1.82) is 0 Å². The van der Waals surface area contributed by atoms with E-state index in [4.69, 9.17) is 32.7 Å². The molecular weight excluding hydrogens is 458 g/mol. The highest BCUT2D eigenvalue weighted by atomic mass is 35.5. The Morgan fingerprint density at radius 1 is 1.00 bits per heavy atom. The molecular formula is C23H19Cl2FN2O4. The molecule has 0 aliphatic rings. The average Bonchev–Trinajstić information content (AvgIpc) is 2.74. The Labute approximate surface area is 194 Å². The van der Waals surface area contributed by atoms with Crippen molar-refractivity contribution in [2.45, 2.75) is 6.92 Å². The van der Waals surface area contributed by atoms with E-state index in [1.54, 1.807) is 30.3 Å². The molecule has 0 heterocycles. The molecule has 0 spiro atoms. The van der Waals surface area contributed by atoms with Gasteiger partial charge in [-0.25, -0.2) is 4.39 Å². The summed E-state index contributed by atoms with van der Waals surface area (Å²) in [6.45, 7) is 1.60. The van der Waals surface area contributed by atoms with E-state index in [9.17, 15) is 14.0 Å². The van der Waals surface area contributed by atoms with E-state index in [0.29, 0.717) is 22.2 Å². The average molecular weight is 477 g/mol. The molecule has 0 aromatic heterocycles. The molecule has 0 atom stereocenters. The van der Waals surface area contributed by atoms with Gasteiger partial charge in [0.15, 0.2) is 6.61 Å². The van der Waals surface area contributed by atoms with E-state index < -0.39 is 17.6 Å². The number of hydrogen-bond acceptors (Lipinski definition) is 4. The molecule has 32 heavy (non-hydrogen) atoms. The largest absolute Gasteiger partial charge is 0.495 e. The molecule has 0 bridgehead atoms. The highest BCUT2D eigenvalue weighted by Crippen LogP contribution is 2.29. The highest BCUT2D eigenvalue weighted by Gasteiger charge is 2.15. The van der Waals surface area contributed by atoms with Gasteiger partial charge < -0.3 is 20.1 Å². The van der Waals surface area contributed by atoms with Gasteiger partial charge >= 0.3 is 0 Å². The van der Waals surface area contributed by atoms with E-state index in [2.05, 4.69) is 10.6 Å². The third-order valence-electron chi connectivity index (χ3n) is 4.41. The number of carbonyl (C=O) groups excluding carboxylic acids is 2. The molecule has 0 fully saturated rings. The minimum atomic E-state index is -0.756. The first kappa shape index (κ1) is 23.4. The molecule has 3 aromatic carbocycles. The lowest BCUT2D eigenvalue weighted by molar-refractivity contribution is -0.118. The van der Waals surface area contributed by atoms with Gasteiger partial charge in [0.25, 0.3) is 11.8 Å². The second-order valence-corrected chi connectivity index (χ2v) is 7.58. The van der Waals surface area contributed by atoms with Gasteiger partial charge in [0.1, 0.15) is 17.3 Å². The number of carbonyl (C=O) groups is 2. The van der Waals surface area contributed by atoms with Crippen LogP contribution in [0.2, 0.25) is 10.0 Å². The van der Waals surface area contributed by atoms with Gasteiger partial charge in [0.05, 0.1) is 18.4 Å². The number of halogens is 3. The Bertz CT molecular complexity index is 1170. The summed E-state index contributed by atoms with van der Waals surface area (Å²) in [7, 11) is 1.42. The summed E-state index contributed by atoms with van der Waals surface area (Å²) < 4.78 is 24.8. The van der Waals surface area contributed by atoms with E-state index in [1.165, 1.54) is 25.3 Å². The van der Waals surface area contributed by atoms with Crippen LogP contribution in [0.15, 0.2) is 54.6 Å². The van der Waals surface area contributed by atoms with Crippen LogP contribution in [0.1, 0.15) is 15.9 Å². The number of nitrogens with one attached hydrogen (secondary N) is 2. The second-order valence-electron chi connectivity index (χ2n) is 6.74. The number of amides is 2. The molecule has 0 aliphatic carbocycles. The Balaban J connectivity index is 1.68. The number of hydrogen-bond donors (Lipinski definition) is 2. The number of rotatable bonds is 7. The van der Waals surface area contributed by atoms with Crippen LogP contribution in [0.25, 0.3) is 0 Å². The van der Waals surface area contributed by atoms with Crippen LogP contribution in [0.5, 0.6) is 11.5 Å². The van der Waals surface area contributed by atoms with Crippen molar-refractivity contribution in [2.24, 2.45) is 0 Å². The monoisotopic (exact) mass is 476 g/mol.